The number of aromatic nitrogens is 2. The van der Waals surface area contributed by atoms with Crippen molar-refractivity contribution in [2.75, 3.05) is 13.7 Å². The number of benzene rings is 3. The van der Waals surface area contributed by atoms with Gasteiger partial charge in [0.25, 0.3) is 0 Å². The summed E-state index contributed by atoms with van der Waals surface area (Å²) < 4.78 is 7.38. The van der Waals surface area contributed by atoms with Crippen LogP contribution in [0.1, 0.15) is 0 Å². The first-order chi connectivity index (χ1) is 13.8. The van der Waals surface area contributed by atoms with Crippen LogP contribution in [0.4, 0.5) is 0 Å². The lowest BCUT2D eigenvalue weighted by Gasteiger charge is -2.12. The van der Waals surface area contributed by atoms with Crippen LogP contribution in [-0.2, 0) is 6.54 Å². The minimum atomic E-state index is 0.0353. The van der Waals surface area contributed by atoms with Crippen molar-refractivity contribution in [3.05, 3.63) is 84.9 Å². The fourth-order valence-electron chi connectivity index (χ4n) is 3.42. The molecule has 4 nitrogen and oxygen atoms in total. The molecule has 0 fully saturated rings. The van der Waals surface area contributed by atoms with Crippen LogP contribution in [0.5, 0.6) is 5.75 Å². The highest BCUT2D eigenvalue weighted by atomic mass is 16.5. The number of aliphatic hydroxyl groups is 1. The van der Waals surface area contributed by atoms with Crippen molar-refractivity contribution in [2.45, 2.75) is 6.54 Å². The van der Waals surface area contributed by atoms with Crippen molar-refractivity contribution < 1.29 is 9.84 Å². The van der Waals surface area contributed by atoms with Crippen molar-refractivity contribution in [3.8, 4) is 39.7 Å². The zero-order valence-electron chi connectivity index (χ0n) is 15.7. The zero-order chi connectivity index (χ0) is 19.3. The molecule has 0 aliphatic heterocycles. The number of hydrogen-bond donors (Lipinski definition) is 1. The van der Waals surface area contributed by atoms with Gasteiger partial charge in [0.15, 0.2) is 0 Å². The molecule has 3 aromatic carbocycles. The van der Waals surface area contributed by atoms with Gasteiger partial charge in [-0.1, -0.05) is 60.7 Å². The Morgan fingerprint density at radius 3 is 1.96 bits per heavy atom. The first-order valence-corrected chi connectivity index (χ1v) is 9.28. The summed E-state index contributed by atoms with van der Waals surface area (Å²) in [7, 11) is 1.66. The van der Waals surface area contributed by atoms with Crippen molar-refractivity contribution in [3.63, 3.8) is 0 Å². The third-order valence-corrected chi connectivity index (χ3v) is 4.73. The van der Waals surface area contributed by atoms with E-state index in [2.05, 4.69) is 28.8 Å². The predicted molar refractivity (Wildman–Crippen MR) is 112 cm³/mol. The summed E-state index contributed by atoms with van der Waals surface area (Å²) in [6.07, 6.45) is 0. The second-order valence-corrected chi connectivity index (χ2v) is 6.47. The minimum Gasteiger partial charge on any atom is -0.497 e. The average molecular weight is 370 g/mol. The van der Waals surface area contributed by atoms with Crippen molar-refractivity contribution in [2.24, 2.45) is 0 Å². The second-order valence-electron chi connectivity index (χ2n) is 6.47. The van der Waals surface area contributed by atoms with Crippen molar-refractivity contribution >= 4 is 0 Å². The summed E-state index contributed by atoms with van der Waals surface area (Å²) in [5.74, 6) is 1.63. The summed E-state index contributed by atoms with van der Waals surface area (Å²) in [6, 6.07) is 28.2. The lowest BCUT2D eigenvalue weighted by molar-refractivity contribution is 0.277. The standard InChI is InChI=1S/C24H22N2O2/c1-28-21-14-12-20(13-15-21)24-25-22(18-8-4-2-5-9-18)23(26(24)16-17-27)19-10-6-3-7-11-19/h2-15,27H,16-17H2,1H3. The number of imidazole rings is 1. The van der Waals surface area contributed by atoms with E-state index >= 15 is 0 Å². The smallest absolute Gasteiger partial charge is 0.141 e. The number of hydrogen-bond acceptors (Lipinski definition) is 3. The first-order valence-electron chi connectivity index (χ1n) is 9.28. The number of rotatable bonds is 6. The molecular weight excluding hydrogens is 348 g/mol. The molecule has 28 heavy (non-hydrogen) atoms. The monoisotopic (exact) mass is 370 g/mol. The molecule has 0 saturated heterocycles. The van der Waals surface area contributed by atoms with E-state index < -0.39 is 0 Å². The Kier molecular flexibility index (Phi) is 5.22. The molecule has 4 heteroatoms. The molecule has 1 heterocycles. The van der Waals surface area contributed by atoms with Crippen LogP contribution in [0.3, 0.4) is 0 Å². The molecule has 140 valence electrons. The van der Waals surface area contributed by atoms with Gasteiger partial charge in [0, 0.05) is 23.2 Å². The Morgan fingerprint density at radius 1 is 0.786 bits per heavy atom. The first kappa shape index (κ1) is 18.0. The van der Waals surface area contributed by atoms with Gasteiger partial charge in [-0.25, -0.2) is 4.98 Å². The third-order valence-electron chi connectivity index (χ3n) is 4.73. The molecule has 0 bridgehead atoms. The number of aliphatic hydroxyl groups excluding tert-OH is 1. The van der Waals surface area contributed by atoms with Crippen LogP contribution in [0, 0.1) is 0 Å². The molecule has 0 atom stereocenters. The molecule has 0 aliphatic carbocycles. The SMILES string of the molecule is COc1ccc(-c2nc(-c3ccccc3)c(-c3ccccc3)n2CCO)cc1. The van der Waals surface area contributed by atoms with Crippen molar-refractivity contribution in [1.82, 2.24) is 9.55 Å². The van der Waals surface area contributed by atoms with Gasteiger partial charge in [-0.15, -0.1) is 0 Å². The topological polar surface area (TPSA) is 47.3 Å². The Labute approximate surface area is 164 Å². The highest BCUT2D eigenvalue weighted by Crippen LogP contribution is 2.36. The second kappa shape index (κ2) is 8.11. The summed E-state index contributed by atoms with van der Waals surface area (Å²) in [5, 5.41) is 9.76. The molecule has 4 rings (SSSR count). The van der Waals surface area contributed by atoms with E-state index in [1.807, 2.05) is 60.7 Å². The molecular formula is C24H22N2O2. The summed E-state index contributed by atoms with van der Waals surface area (Å²) in [4.78, 5) is 5.01. The Balaban J connectivity index is 1.97. The Hall–Kier alpha value is -3.37. The van der Waals surface area contributed by atoms with Gasteiger partial charge >= 0.3 is 0 Å². The molecule has 4 aromatic rings. The van der Waals surface area contributed by atoms with Crippen LogP contribution in [-0.4, -0.2) is 28.4 Å². The van der Waals surface area contributed by atoms with E-state index in [-0.39, 0.29) is 6.61 Å². The van der Waals surface area contributed by atoms with E-state index in [9.17, 15) is 5.11 Å². The summed E-state index contributed by atoms with van der Waals surface area (Å²) in [6.45, 7) is 0.499. The maximum atomic E-state index is 9.76. The molecule has 0 saturated carbocycles. The van der Waals surface area contributed by atoms with Gasteiger partial charge in [0.05, 0.1) is 25.1 Å². The summed E-state index contributed by atoms with van der Waals surface area (Å²) in [5.41, 5.74) is 5.02. The number of methoxy groups -OCH3 is 1. The van der Waals surface area contributed by atoms with Crippen LogP contribution in [0.25, 0.3) is 33.9 Å². The van der Waals surface area contributed by atoms with E-state index in [4.69, 9.17) is 9.72 Å². The molecule has 0 unspecified atom stereocenters. The molecule has 0 aliphatic rings. The molecule has 1 N–H and O–H groups in total. The van der Waals surface area contributed by atoms with Crippen LogP contribution in [0.2, 0.25) is 0 Å². The highest BCUT2D eigenvalue weighted by Gasteiger charge is 2.20. The molecule has 0 radical (unpaired) electrons. The largest absolute Gasteiger partial charge is 0.497 e. The zero-order valence-corrected chi connectivity index (χ0v) is 15.7. The van der Waals surface area contributed by atoms with E-state index in [1.54, 1.807) is 7.11 Å². The van der Waals surface area contributed by atoms with Gasteiger partial charge in [0.2, 0.25) is 0 Å². The van der Waals surface area contributed by atoms with Gasteiger partial charge in [-0.05, 0) is 24.3 Å². The normalized spacial score (nSPS) is 10.8. The maximum Gasteiger partial charge on any atom is 0.141 e. The highest BCUT2D eigenvalue weighted by molar-refractivity contribution is 5.82. The van der Waals surface area contributed by atoms with E-state index in [0.717, 1.165) is 39.7 Å². The fraction of sp³-hybridized carbons (Fsp3) is 0.125. The minimum absolute atomic E-state index is 0.0353. The average Bonchev–Trinajstić information content (AvgIpc) is 3.14. The Bertz CT molecular complexity index is 1040. The molecule has 0 amide bonds. The fourth-order valence-corrected chi connectivity index (χ4v) is 3.42. The quantitative estimate of drug-likeness (QED) is 0.526. The maximum absolute atomic E-state index is 9.76. The van der Waals surface area contributed by atoms with Gasteiger partial charge < -0.3 is 14.4 Å². The number of nitrogens with zero attached hydrogens (tertiary/aromatic N) is 2. The molecule has 0 spiro atoms. The van der Waals surface area contributed by atoms with Gasteiger partial charge in [-0.2, -0.15) is 0 Å². The van der Waals surface area contributed by atoms with Gasteiger partial charge in [-0.3, -0.25) is 0 Å². The lowest BCUT2D eigenvalue weighted by Crippen LogP contribution is -2.06. The summed E-state index contributed by atoms with van der Waals surface area (Å²) >= 11 is 0. The van der Waals surface area contributed by atoms with Crippen LogP contribution < -0.4 is 4.74 Å². The van der Waals surface area contributed by atoms with Gasteiger partial charge in [0.1, 0.15) is 11.6 Å². The third kappa shape index (κ3) is 3.42. The van der Waals surface area contributed by atoms with E-state index in [0.29, 0.717) is 6.54 Å². The Morgan fingerprint density at radius 2 is 1.39 bits per heavy atom. The van der Waals surface area contributed by atoms with E-state index in [1.165, 1.54) is 0 Å². The predicted octanol–water partition coefficient (Wildman–Crippen LogP) is 4.89. The van der Waals surface area contributed by atoms with Crippen LogP contribution >= 0.6 is 0 Å². The van der Waals surface area contributed by atoms with Crippen LogP contribution in [0.15, 0.2) is 84.9 Å². The van der Waals surface area contributed by atoms with Crippen molar-refractivity contribution in [1.29, 1.82) is 0 Å². The molecule has 1 aromatic heterocycles. The number of ether oxygens (including phenoxy) is 1. The lowest BCUT2D eigenvalue weighted by atomic mass is 10.0.